The molecular weight excluding hydrogens is 222 g/mol. The summed E-state index contributed by atoms with van der Waals surface area (Å²) in [6, 6.07) is 8.59. The molecule has 0 radical (unpaired) electrons. The smallest absolute Gasteiger partial charge is 0.119 e. The van der Waals surface area contributed by atoms with Gasteiger partial charge < -0.3 is 10.1 Å². The Bertz CT molecular complexity index is 361. The minimum Gasteiger partial charge on any atom is -0.491 e. The van der Waals surface area contributed by atoms with Crippen LogP contribution in [0.15, 0.2) is 24.3 Å². The van der Waals surface area contributed by atoms with Crippen LogP contribution in [0.3, 0.4) is 0 Å². The van der Waals surface area contributed by atoms with Gasteiger partial charge >= 0.3 is 0 Å². The van der Waals surface area contributed by atoms with Crippen molar-refractivity contribution >= 4 is 0 Å². The summed E-state index contributed by atoms with van der Waals surface area (Å²) in [7, 11) is 0. The van der Waals surface area contributed by atoms with Crippen molar-refractivity contribution < 1.29 is 4.74 Å². The van der Waals surface area contributed by atoms with Crippen LogP contribution in [-0.4, -0.2) is 12.6 Å². The van der Waals surface area contributed by atoms with Crippen molar-refractivity contribution in [1.29, 1.82) is 0 Å². The maximum absolute atomic E-state index is 5.69. The molecule has 1 aromatic rings. The maximum atomic E-state index is 5.69. The Morgan fingerprint density at radius 1 is 1.11 bits per heavy atom. The zero-order chi connectivity index (χ0) is 13.0. The van der Waals surface area contributed by atoms with Crippen molar-refractivity contribution in [3.05, 3.63) is 29.8 Å². The molecule has 100 valence electrons. The molecule has 2 nitrogen and oxygen atoms in total. The first-order chi connectivity index (χ1) is 8.60. The van der Waals surface area contributed by atoms with Crippen molar-refractivity contribution in [3.8, 4) is 5.75 Å². The van der Waals surface area contributed by atoms with Crippen LogP contribution in [0.5, 0.6) is 5.75 Å². The van der Waals surface area contributed by atoms with Gasteiger partial charge in [-0.15, -0.1) is 0 Å². The summed E-state index contributed by atoms with van der Waals surface area (Å²) in [6.45, 7) is 7.56. The average molecular weight is 247 g/mol. The van der Waals surface area contributed by atoms with Crippen LogP contribution in [0.4, 0.5) is 0 Å². The van der Waals surface area contributed by atoms with Crippen molar-refractivity contribution in [2.45, 2.75) is 58.1 Å². The van der Waals surface area contributed by atoms with Crippen LogP contribution in [0.25, 0.3) is 0 Å². The lowest BCUT2D eigenvalue weighted by atomic mass is 9.87. The number of rotatable bonds is 3. The number of ether oxygens (including phenoxy) is 1. The Balaban J connectivity index is 2.12. The molecule has 0 aromatic heterocycles. The van der Waals surface area contributed by atoms with Gasteiger partial charge in [-0.3, -0.25) is 0 Å². The fraction of sp³-hybridized carbons (Fsp3) is 0.625. The summed E-state index contributed by atoms with van der Waals surface area (Å²) in [6.07, 6.45) is 5.41. The minimum atomic E-state index is 0.132. The minimum absolute atomic E-state index is 0.132. The molecule has 1 unspecified atom stereocenters. The number of hydrogen-bond donors (Lipinski definition) is 1. The van der Waals surface area contributed by atoms with E-state index in [-0.39, 0.29) is 11.6 Å². The lowest BCUT2D eigenvalue weighted by Gasteiger charge is -2.30. The van der Waals surface area contributed by atoms with Gasteiger partial charge in [0.15, 0.2) is 0 Å². The molecule has 1 aromatic carbocycles. The molecule has 1 saturated heterocycles. The van der Waals surface area contributed by atoms with Crippen LogP contribution < -0.4 is 10.1 Å². The molecule has 1 fully saturated rings. The molecule has 18 heavy (non-hydrogen) atoms. The summed E-state index contributed by atoms with van der Waals surface area (Å²) < 4.78 is 5.69. The van der Waals surface area contributed by atoms with E-state index < -0.39 is 0 Å². The lowest BCUT2D eigenvalue weighted by molar-refractivity contribution is 0.242. The molecule has 1 N–H and O–H groups in total. The fourth-order valence-electron chi connectivity index (χ4n) is 2.65. The van der Waals surface area contributed by atoms with Gasteiger partial charge in [-0.2, -0.15) is 0 Å². The second kappa shape index (κ2) is 5.75. The third-order valence-electron chi connectivity index (χ3n) is 3.73. The van der Waals surface area contributed by atoms with Gasteiger partial charge in [-0.25, -0.2) is 0 Å². The first-order valence-corrected chi connectivity index (χ1v) is 7.12. The Labute approximate surface area is 111 Å². The van der Waals surface area contributed by atoms with E-state index in [4.69, 9.17) is 4.74 Å². The molecule has 1 heterocycles. The molecule has 0 spiro atoms. The van der Waals surface area contributed by atoms with Crippen molar-refractivity contribution in [2.75, 3.05) is 6.54 Å². The second-order valence-corrected chi connectivity index (χ2v) is 5.76. The number of benzene rings is 1. The first-order valence-electron chi connectivity index (χ1n) is 7.12. The van der Waals surface area contributed by atoms with Gasteiger partial charge in [0.25, 0.3) is 0 Å². The third-order valence-corrected chi connectivity index (χ3v) is 3.73. The molecule has 2 rings (SSSR count). The van der Waals surface area contributed by atoms with Crippen LogP contribution in [0.1, 0.15) is 52.0 Å². The molecular formula is C16H25NO. The summed E-state index contributed by atoms with van der Waals surface area (Å²) in [5.74, 6) is 0.964. The third kappa shape index (κ3) is 3.26. The molecule has 1 atom stereocenters. The predicted molar refractivity (Wildman–Crippen MR) is 76.0 cm³/mol. The molecule has 2 heteroatoms. The van der Waals surface area contributed by atoms with E-state index in [1.165, 1.54) is 31.2 Å². The maximum Gasteiger partial charge on any atom is 0.119 e. The van der Waals surface area contributed by atoms with E-state index in [2.05, 4.69) is 50.4 Å². The SMILES string of the molecule is CC(C)Oc1ccc(C2(C)CCCCCN2)cc1. The van der Waals surface area contributed by atoms with E-state index >= 15 is 0 Å². The largest absolute Gasteiger partial charge is 0.491 e. The summed E-state index contributed by atoms with van der Waals surface area (Å²) in [4.78, 5) is 0. The molecule has 0 aliphatic carbocycles. The lowest BCUT2D eigenvalue weighted by Crippen LogP contribution is -2.38. The van der Waals surface area contributed by atoms with Gasteiger partial charge in [0.05, 0.1) is 6.10 Å². The molecule has 0 amide bonds. The molecule has 0 saturated carbocycles. The van der Waals surface area contributed by atoms with Crippen molar-refractivity contribution in [1.82, 2.24) is 5.32 Å². The van der Waals surface area contributed by atoms with E-state index in [0.29, 0.717) is 0 Å². The van der Waals surface area contributed by atoms with Crippen LogP contribution >= 0.6 is 0 Å². The highest BCUT2D eigenvalue weighted by molar-refractivity contribution is 5.31. The van der Waals surface area contributed by atoms with Crippen LogP contribution in [0.2, 0.25) is 0 Å². The Kier molecular flexibility index (Phi) is 4.28. The average Bonchev–Trinajstić information content (AvgIpc) is 2.55. The standard InChI is InChI=1S/C16H25NO/c1-13(2)18-15-9-7-14(8-10-15)16(3)11-5-4-6-12-17-16/h7-10,13,17H,4-6,11-12H2,1-3H3. The number of hydrogen-bond acceptors (Lipinski definition) is 2. The van der Waals surface area contributed by atoms with Gasteiger partial charge in [-0.1, -0.05) is 25.0 Å². The van der Waals surface area contributed by atoms with Crippen molar-refractivity contribution in [2.24, 2.45) is 0 Å². The highest BCUT2D eigenvalue weighted by atomic mass is 16.5. The molecule has 1 aliphatic rings. The monoisotopic (exact) mass is 247 g/mol. The van der Waals surface area contributed by atoms with Gasteiger partial charge in [-0.05, 0) is 57.9 Å². The zero-order valence-corrected chi connectivity index (χ0v) is 11.8. The summed E-state index contributed by atoms with van der Waals surface area (Å²) in [5.41, 5.74) is 1.51. The van der Waals surface area contributed by atoms with E-state index in [1.807, 2.05) is 0 Å². The highest BCUT2D eigenvalue weighted by Crippen LogP contribution is 2.30. The Hall–Kier alpha value is -1.02. The summed E-state index contributed by atoms with van der Waals surface area (Å²) in [5, 5.41) is 3.69. The first kappa shape index (κ1) is 13.4. The van der Waals surface area contributed by atoms with Gasteiger partial charge in [0, 0.05) is 5.54 Å². The highest BCUT2D eigenvalue weighted by Gasteiger charge is 2.26. The molecule has 1 aliphatic heterocycles. The van der Waals surface area contributed by atoms with Gasteiger partial charge in [0.1, 0.15) is 5.75 Å². The van der Waals surface area contributed by atoms with E-state index in [0.717, 1.165) is 12.3 Å². The topological polar surface area (TPSA) is 21.3 Å². The summed E-state index contributed by atoms with van der Waals surface area (Å²) >= 11 is 0. The zero-order valence-electron chi connectivity index (χ0n) is 11.8. The van der Waals surface area contributed by atoms with Crippen LogP contribution in [-0.2, 0) is 5.54 Å². The second-order valence-electron chi connectivity index (χ2n) is 5.76. The Morgan fingerprint density at radius 2 is 1.83 bits per heavy atom. The number of nitrogens with one attached hydrogen (secondary N) is 1. The van der Waals surface area contributed by atoms with E-state index in [1.54, 1.807) is 0 Å². The Morgan fingerprint density at radius 3 is 2.50 bits per heavy atom. The normalized spacial score (nSPS) is 24.9. The van der Waals surface area contributed by atoms with E-state index in [9.17, 15) is 0 Å². The fourth-order valence-corrected chi connectivity index (χ4v) is 2.65. The quantitative estimate of drug-likeness (QED) is 0.876. The van der Waals surface area contributed by atoms with Gasteiger partial charge in [0.2, 0.25) is 0 Å². The van der Waals surface area contributed by atoms with Crippen LogP contribution in [0, 0.1) is 0 Å². The predicted octanol–water partition coefficient (Wildman–Crippen LogP) is 3.85. The molecule has 0 bridgehead atoms. The van der Waals surface area contributed by atoms with Crippen molar-refractivity contribution in [3.63, 3.8) is 0 Å².